The zero-order valence-electron chi connectivity index (χ0n) is 15.0. The maximum absolute atomic E-state index is 12.8. The number of likely N-dealkylation sites (N-methyl/N-ethyl adjacent to an activating group) is 1. The van der Waals surface area contributed by atoms with E-state index in [1.165, 1.54) is 4.57 Å². The zero-order valence-corrected chi connectivity index (χ0v) is 15.0. The predicted molar refractivity (Wildman–Crippen MR) is 91.1 cm³/mol. The summed E-state index contributed by atoms with van der Waals surface area (Å²) in [6, 6.07) is 1.98. The lowest BCUT2D eigenvalue weighted by Crippen LogP contribution is -2.39. The fraction of sp³-hybridized carbons (Fsp3) is 0.562. The molecule has 0 aliphatic carbocycles. The number of hydrogen-bond acceptors (Lipinski definition) is 6. The Morgan fingerprint density at radius 2 is 2.08 bits per heavy atom. The van der Waals surface area contributed by atoms with Gasteiger partial charge in [0.15, 0.2) is 0 Å². The number of aromatic nitrogens is 5. The molecule has 134 valence electrons. The van der Waals surface area contributed by atoms with Gasteiger partial charge in [-0.15, -0.1) is 5.10 Å². The Kier molecular flexibility index (Phi) is 4.67. The molecule has 25 heavy (non-hydrogen) atoms. The molecule has 0 radical (unpaired) electrons. The lowest BCUT2D eigenvalue weighted by Gasteiger charge is -2.24. The van der Waals surface area contributed by atoms with E-state index in [0.29, 0.717) is 18.8 Å². The number of rotatable bonds is 4. The SMILES string of the molecule is Cc1cc(C)n(CC(=O)N2C[C@@H](N(C)C)[C@@H](n3ccnn3)C2)c(=O)n1. The summed E-state index contributed by atoms with van der Waals surface area (Å²) in [4.78, 5) is 32.6. The molecule has 0 N–H and O–H groups in total. The van der Waals surface area contributed by atoms with E-state index in [2.05, 4.69) is 20.2 Å². The molecule has 9 heteroatoms. The monoisotopic (exact) mass is 345 g/mol. The molecule has 1 aliphatic rings. The van der Waals surface area contributed by atoms with Gasteiger partial charge in [0, 0.05) is 30.7 Å². The van der Waals surface area contributed by atoms with Crippen molar-refractivity contribution in [2.75, 3.05) is 27.2 Å². The summed E-state index contributed by atoms with van der Waals surface area (Å²) in [6.07, 6.45) is 3.45. The molecule has 1 aliphatic heterocycles. The molecule has 0 bridgehead atoms. The van der Waals surface area contributed by atoms with Crippen LogP contribution in [0.25, 0.3) is 0 Å². The Morgan fingerprint density at radius 3 is 2.68 bits per heavy atom. The minimum atomic E-state index is -0.387. The second-order valence-corrected chi connectivity index (χ2v) is 6.69. The van der Waals surface area contributed by atoms with Crippen LogP contribution in [-0.2, 0) is 11.3 Å². The van der Waals surface area contributed by atoms with Gasteiger partial charge in [-0.3, -0.25) is 9.36 Å². The number of amides is 1. The highest BCUT2D eigenvalue weighted by atomic mass is 16.2. The van der Waals surface area contributed by atoms with Gasteiger partial charge in [0.05, 0.1) is 18.3 Å². The third-order valence-electron chi connectivity index (χ3n) is 4.70. The molecule has 0 saturated carbocycles. The van der Waals surface area contributed by atoms with E-state index in [9.17, 15) is 9.59 Å². The fourth-order valence-electron chi connectivity index (χ4n) is 3.34. The molecular formula is C16H23N7O2. The molecule has 2 aromatic heterocycles. The van der Waals surface area contributed by atoms with Crippen LogP contribution in [-0.4, -0.2) is 73.5 Å². The normalized spacial score (nSPS) is 20.4. The van der Waals surface area contributed by atoms with E-state index in [4.69, 9.17) is 0 Å². The lowest BCUT2D eigenvalue weighted by atomic mass is 10.1. The van der Waals surface area contributed by atoms with Gasteiger partial charge in [-0.2, -0.15) is 4.98 Å². The van der Waals surface area contributed by atoms with E-state index in [1.807, 2.05) is 27.2 Å². The molecule has 1 fully saturated rings. The third kappa shape index (κ3) is 3.46. The van der Waals surface area contributed by atoms with E-state index >= 15 is 0 Å². The summed E-state index contributed by atoms with van der Waals surface area (Å²) < 4.78 is 3.21. The number of carbonyl (C=O) groups excluding carboxylic acids is 1. The highest BCUT2D eigenvalue weighted by Gasteiger charge is 2.38. The average Bonchev–Trinajstić information content (AvgIpc) is 3.18. The van der Waals surface area contributed by atoms with E-state index in [-0.39, 0.29) is 30.2 Å². The van der Waals surface area contributed by atoms with Crippen LogP contribution >= 0.6 is 0 Å². The number of hydrogen-bond donors (Lipinski definition) is 0. The first-order valence-corrected chi connectivity index (χ1v) is 8.22. The first-order valence-electron chi connectivity index (χ1n) is 8.22. The van der Waals surface area contributed by atoms with Crippen molar-refractivity contribution in [3.63, 3.8) is 0 Å². The molecule has 3 rings (SSSR count). The van der Waals surface area contributed by atoms with Gasteiger partial charge < -0.3 is 9.80 Å². The van der Waals surface area contributed by atoms with Crippen molar-refractivity contribution in [2.45, 2.75) is 32.5 Å². The third-order valence-corrected chi connectivity index (χ3v) is 4.70. The molecular weight excluding hydrogens is 322 g/mol. The van der Waals surface area contributed by atoms with Crippen LogP contribution in [0.5, 0.6) is 0 Å². The van der Waals surface area contributed by atoms with Crippen molar-refractivity contribution in [3.8, 4) is 0 Å². The summed E-state index contributed by atoms with van der Waals surface area (Å²) in [5.41, 5.74) is 1.01. The molecule has 2 atom stereocenters. The van der Waals surface area contributed by atoms with E-state index in [0.717, 1.165) is 5.69 Å². The summed E-state index contributed by atoms with van der Waals surface area (Å²) in [6.45, 7) is 4.71. The number of likely N-dealkylation sites (tertiary alicyclic amines) is 1. The van der Waals surface area contributed by atoms with Gasteiger partial charge in [-0.25, -0.2) is 9.48 Å². The quantitative estimate of drug-likeness (QED) is 0.740. The summed E-state index contributed by atoms with van der Waals surface area (Å²) >= 11 is 0. The molecule has 0 aromatic carbocycles. The smallest absolute Gasteiger partial charge is 0.337 e. The second-order valence-electron chi connectivity index (χ2n) is 6.69. The predicted octanol–water partition coefficient (Wildman–Crippen LogP) is -0.535. The van der Waals surface area contributed by atoms with Crippen LogP contribution in [0.15, 0.2) is 23.3 Å². The van der Waals surface area contributed by atoms with Gasteiger partial charge in [0.2, 0.25) is 5.91 Å². The van der Waals surface area contributed by atoms with Crippen LogP contribution in [0.1, 0.15) is 17.4 Å². The Bertz CT molecular complexity index is 812. The van der Waals surface area contributed by atoms with Crippen molar-refractivity contribution < 1.29 is 4.79 Å². The molecule has 2 aromatic rings. The number of carbonyl (C=O) groups is 1. The molecule has 9 nitrogen and oxygen atoms in total. The molecule has 1 amide bonds. The van der Waals surface area contributed by atoms with Gasteiger partial charge in [0.1, 0.15) is 6.54 Å². The van der Waals surface area contributed by atoms with Crippen LogP contribution in [0.4, 0.5) is 0 Å². The largest absolute Gasteiger partial charge is 0.348 e. The minimum Gasteiger partial charge on any atom is -0.337 e. The minimum absolute atomic E-state index is 0.00216. The molecule has 3 heterocycles. The van der Waals surface area contributed by atoms with Crippen molar-refractivity contribution in [1.82, 2.24) is 34.3 Å². The standard InChI is InChI=1S/C16H23N7O2/c1-11-7-12(2)22(16(25)18-11)10-15(24)21-8-13(20(3)4)14(9-21)23-6-5-17-19-23/h5-7,13-14H,8-10H2,1-4H3/t13-,14+/m1/s1. The Labute approximate surface area is 145 Å². The van der Waals surface area contributed by atoms with Crippen molar-refractivity contribution >= 4 is 5.91 Å². The highest BCUT2D eigenvalue weighted by molar-refractivity contribution is 5.76. The Hall–Kier alpha value is -2.55. The van der Waals surface area contributed by atoms with Crippen LogP contribution in [0.2, 0.25) is 0 Å². The molecule has 1 saturated heterocycles. The summed E-state index contributed by atoms with van der Waals surface area (Å²) in [7, 11) is 3.97. The Balaban J connectivity index is 1.78. The molecule has 0 spiro atoms. The van der Waals surface area contributed by atoms with Gasteiger partial charge in [-0.05, 0) is 34.0 Å². The van der Waals surface area contributed by atoms with E-state index in [1.54, 1.807) is 28.8 Å². The fourth-order valence-corrected chi connectivity index (χ4v) is 3.34. The van der Waals surface area contributed by atoms with Gasteiger partial charge in [0.25, 0.3) is 0 Å². The van der Waals surface area contributed by atoms with Gasteiger partial charge >= 0.3 is 5.69 Å². The lowest BCUT2D eigenvalue weighted by molar-refractivity contribution is -0.131. The van der Waals surface area contributed by atoms with Crippen LogP contribution < -0.4 is 5.69 Å². The first-order chi connectivity index (χ1) is 11.9. The second kappa shape index (κ2) is 6.75. The number of aryl methyl sites for hydroxylation is 2. The van der Waals surface area contributed by atoms with Crippen LogP contribution in [0, 0.1) is 13.8 Å². The van der Waals surface area contributed by atoms with Gasteiger partial charge in [-0.1, -0.05) is 5.21 Å². The van der Waals surface area contributed by atoms with Crippen molar-refractivity contribution in [1.29, 1.82) is 0 Å². The maximum atomic E-state index is 12.8. The number of nitrogens with zero attached hydrogens (tertiary/aromatic N) is 7. The molecule has 0 unspecified atom stereocenters. The first kappa shape index (κ1) is 17.3. The van der Waals surface area contributed by atoms with E-state index < -0.39 is 0 Å². The Morgan fingerprint density at radius 1 is 1.32 bits per heavy atom. The zero-order chi connectivity index (χ0) is 18.1. The summed E-state index contributed by atoms with van der Waals surface area (Å²) in [5, 5.41) is 7.95. The van der Waals surface area contributed by atoms with Crippen molar-refractivity contribution in [2.24, 2.45) is 0 Å². The highest BCUT2D eigenvalue weighted by Crippen LogP contribution is 2.24. The summed E-state index contributed by atoms with van der Waals surface area (Å²) in [5.74, 6) is -0.0923. The average molecular weight is 345 g/mol. The van der Waals surface area contributed by atoms with Crippen LogP contribution in [0.3, 0.4) is 0 Å². The maximum Gasteiger partial charge on any atom is 0.348 e. The topological polar surface area (TPSA) is 89.2 Å². The van der Waals surface area contributed by atoms with Crippen molar-refractivity contribution in [3.05, 3.63) is 40.3 Å².